The van der Waals surface area contributed by atoms with Crippen LogP contribution in [0.15, 0.2) is 66.7 Å². The first kappa shape index (κ1) is 21.7. The highest BCUT2D eigenvalue weighted by molar-refractivity contribution is 6.31. The highest BCUT2D eigenvalue weighted by atomic mass is 35.5. The molecule has 3 aromatic rings. The minimum atomic E-state index is -1.09. The molecule has 0 saturated carbocycles. The van der Waals surface area contributed by atoms with Gasteiger partial charge in [0.1, 0.15) is 12.4 Å². The monoisotopic (exact) mass is 451 g/mol. The van der Waals surface area contributed by atoms with Crippen molar-refractivity contribution in [3.8, 4) is 16.9 Å². The molecule has 0 spiro atoms. The van der Waals surface area contributed by atoms with Crippen LogP contribution in [0, 0.1) is 0 Å². The number of halogens is 1. The lowest BCUT2D eigenvalue weighted by Crippen LogP contribution is -2.32. The number of hydrogen-bond acceptors (Lipinski definition) is 4. The molecule has 0 aromatic heterocycles. The number of carbonyl (C=O) groups is 2. The van der Waals surface area contributed by atoms with Crippen LogP contribution in [0.2, 0.25) is 5.02 Å². The molecule has 1 aliphatic rings. The quantitative estimate of drug-likeness (QED) is 0.502. The molecule has 7 heteroatoms. The van der Waals surface area contributed by atoms with E-state index in [1.54, 1.807) is 18.2 Å². The van der Waals surface area contributed by atoms with Crippen LogP contribution in [0.5, 0.6) is 5.75 Å². The van der Waals surface area contributed by atoms with Gasteiger partial charge in [0.25, 0.3) is 0 Å². The van der Waals surface area contributed by atoms with Crippen molar-refractivity contribution in [1.29, 1.82) is 0 Å². The number of ether oxygens (including phenoxy) is 2. The van der Waals surface area contributed by atoms with Crippen LogP contribution < -0.4 is 10.1 Å². The highest BCUT2D eigenvalue weighted by Gasteiger charge is 2.30. The summed E-state index contributed by atoms with van der Waals surface area (Å²) in [6.07, 6.45) is -1.09. The molecule has 1 atom stereocenters. The second kappa shape index (κ2) is 9.32. The van der Waals surface area contributed by atoms with E-state index >= 15 is 0 Å². The predicted octanol–water partition coefficient (Wildman–Crippen LogP) is 5.40. The van der Waals surface area contributed by atoms with Crippen molar-refractivity contribution < 1.29 is 24.2 Å². The number of fused-ring (bicyclic) bond motifs is 3. The maximum Gasteiger partial charge on any atom is 0.407 e. The van der Waals surface area contributed by atoms with Gasteiger partial charge in [-0.2, -0.15) is 0 Å². The molecule has 0 heterocycles. The van der Waals surface area contributed by atoms with Crippen molar-refractivity contribution in [2.45, 2.75) is 18.4 Å². The van der Waals surface area contributed by atoms with Gasteiger partial charge < -0.3 is 19.9 Å². The lowest BCUT2D eigenvalue weighted by molar-refractivity contribution is -0.137. The van der Waals surface area contributed by atoms with E-state index in [9.17, 15) is 14.7 Å². The number of alkyl carbamates (subject to hydrolysis) is 1. The van der Waals surface area contributed by atoms with Gasteiger partial charge in [-0.1, -0.05) is 66.2 Å². The van der Waals surface area contributed by atoms with Gasteiger partial charge in [-0.3, -0.25) is 4.79 Å². The van der Waals surface area contributed by atoms with Gasteiger partial charge in [-0.25, -0.2) is 4.79 Å². The van der Waals surface area contributed by atoms with Crippen molar-refractivity contribution in [3.63, 3.8) is 0 Å². The van der Waals surface area contributed by atoms with E-state index in [1.807, 2.05) is 36.4 Å². The number of nitrogens with one attached hydrogen (secondary N) is 1. The van der Waals surface area contributed by atoms with Gasteiger partial charge in [-0.15, -0.1) is 0 Å². The van der Waals surface area contributed by atoms with E-state index in [2.05, 4.69) is 17.4 Å². The predicted molar refractivity (Wildman–Crippen MR) is 121 cm³/mol. The molecule has 164 valence electrons. The topological polar surface area (TPSA) is 84.9 Å². The Hall–Kier alpha value is -3.51. The van der Waals surface area contributed by atoms with Crippen LogP contribution in [-0.2, 0) is 9.53 Å². The van der Waals surface area contributed by atoms with Crippen molar-refractivity contribution >= 4 is 23.7 Å². The van der Waals surface area contributed by atoms with Crippen LogP contribution in [0.3, 0.4) is 0 Å². The maximum absolute atomic E-state index is 12.7. The Morgan fingerprint density at radius 2 is 1.62 bits per heavy atom. The van der Waals surface area contributed by atoms with Crippen molar-refractivity contribution in [1.82, 2.24) is 5.32 Å². The summed E-state index contributed by atoms with van der Waals surface area (Å²) in [7, 11) is 1.46. The van der Waals surface area contributed by atoms with E-state index in [0.29, 0.717) is 16.3 Å². The Balaban J connectivity index is 1.52. The highest BCUT2D eigenvalue weighted by Crippen LogP contribution is 2.44. The van der Waals surface area contributed by atoms with Crippen LogP contribution in [0.25, 0.3) is 11.1 Å². The molecule has 0 bridgehead atoms. The number of methoxy groups -OCH3 is 1. The fourth-order valence-electron chi connectivity index (χ4n) is 4.22. The summed E-state index contributed by atoms with van der Waals surface area (Å²) in [6, 6.07) is 20.1. The first-order valence-corrected chi connectivity index (χ1v) is 10.5. The number of carboxylic acids is 1. The second-order valence-electron chi connectivity index (χ2n) is 7.48. The molecule has 3 aromatic carbocycles. The summed E-state index contributed by atoms with van der Waals surface area (Å²) in [5, 5.41) is 12.3. The summed E-state index contributed by atoms with van der Waals surface area (Å²) in [4.78, 5) is 24.1. The van der Waals surface area contributed by atoms with Gasteiger partial charge in [0.05, 0.1) is 19.6 Å². The Labute approximate surface area is 190 Å². The third-order valence-corrected chi connectivity index (χ3v) is 5.93. The number of hydrogen-bond donors (Lipinski definition) is 2. The fraction of sp³-hybridized carbons (Fsp3) is 0.200. The lowest BCUT2D eigenvalue weighted by atomic mass is 9.98. The molecule has 32 heavy (non-hydrogen) atoms. The minimum absolute atomic E-state index is 0.0964. The smallest absolute Gasteiger partial charge is 0.407 e. The van der Waals surface area contributed by atoms with E-state index in [0.717, 1.165) is 22.3 Å². The summed E-state index contributed by atoms with van der Waals surface area (Å²) in [5.41, 5.74) is 4.84. The summed E-state index contributed by atoms with van der Waals surface area (Å²) < 4.78 is 10.9. The second-order valence-corrected chi connectivity index (χ2v) is 7.88. The Kier molecular flexibility index (Phi) is 6.32. The maximum atomic E-state index is 12.7. The molecule has 2 N–H and O–H groups in total. The van der Waals surface area contributed by atoms with Gasteiger partial charge >= 0.3 is 12.1 Å². The largest absolute Gasteiger partial charge is 0.496 e. The normalized spacial score (nSPS) is 13.1. The van der Waals surface area contributed by atoms with Gasteiger partial charge in [0, 0.05) is 16.5 Å². The van der Waals surface area contributed by atoms with Crippen LogP contribution in [-0.4, -0.2) is 30.9 Å². The van der Waals surface area contributed by atoms with E-state index in [1.165, 1.54) is 7.11 Å². The molecule has 6 nitrogen and oxygen atoms in total. The van der Waals surface area contributed by atoms with E-state index in [4.69, 9.17) is 21.1 Å². The number of benzene rings is 3. The Morgan fingerprint density at radius 1 is 1.00 bits per heavy atom. The van der Waals surface area contributed by atoms with Gasteiger partial charge in [0.15, 0.2) is 0 Å². The molecule has 0 aliphatic heterocycles. The molecular formula is C25H22ClNO5. The van der Waals surface area contributed by atoms with Crippen LogP contribution in [0.4, 0.5) is 4.79 Å². The third kappa shape index (κ3) is 4.27. The average molecular weight is 452 g/mol. The first-order valence-electron chi connectivity index (χ1n) is 10.1. The van der Waals surface area contributed by atoms with Crippen LogP contribution >= 0.6 is 11.6 Å². The number of carbonyl (C=O) groups excluding carboxylic acids is 1. The zero-order chi connectivity index (χ0) is 22.7. The third-order valence-electron chi connectivity index (χ3n) is 5.60. The van der Waals surface area contributed by atoms with E-state index in [-0.39, 0.29) is 18.9 Å². The zero-order valence-corrected chi connectivity index (χ0v) is 18.1. The number of carboxylic acid groups (broad SMARTS) is 1. The number of amides is 1. The van der Waals surface area contributed by atoms with Gasteiger partial charge in [-0.05, 0) is 34.4 Å². The van der Waals surface area contributed by atoms with Crippen molar-refractivity contribution in [3.05, 3.63) is 88.4 Å². The number of rotatable bonds is 7. The zero-order valence-electron chi connectivity index (χ0n) is 17.4. The van der Waals surface area contributed by atoms with Crippen molar-refractivity contribution in [2.75, 3.05) is 13.7 Å². The standard InChI is InChI=1S/C25H22ClNO5/c1-31-22-12-6-11-20(26)24(22)21(13-23(28)29)27-25(30)32-14-19-17-9-4-2-7-15(17)16-8-3-5-10-18(16)19/h2-12,19,21H,13-14H2,1H3,(H,27,30)(H,28,29)/t21-/m1/s1. The van der Waals surface area contributed by atoms with Crippen molar-refractivity contribution in [2.24, 2.45) is 0 Å². The molecule has 1 aliphatic carbocycles. The lowest BCUT2D eigenvalue weighted by Gasteiger charge is -2.21. The molecule has 1 amide bonds. The molecule has 4 rings (SSSR count). The Bertz CT molecular complexity index is 1120. The first-order chi connectivity index (χ1) is 15.5. The molecule has 0 radical (unpaired) electrons. The van der Waals surface area contributed by atoms with Crippen LogP contribution in [0.1, 0.15) is 35.1 Å². The molecule has 0 unspecified atom stereocenters. The number of aliphatic carboxylic acids is 1. The average Bonchev–Trinajstić information content (AvgIpc) is 3.10. The summed E-state index contributed by atoms with van der Waals surface area (Å²) in [6.45, 7) is 0.124. The van der Waals surface area contributed by atoms with E-state index < -0.39 is 18.1 Å². The SMILES string of the molecule is COc1cccc(Cl)c1[C@@H](CC(=O)O)NC(=O)OCC1c2ccccc2-c2ccccc21. The Morgan fingerprint density at radius 3 is 2.22 bits per heavy atom. The fourth-order valence-corrected chi connectivity index (χ4v) is 4.51. The van der Waals surface area contributed by atoms with Gasteiger partial charge in [0.2, 0.25) is 0 Å². The molecule has 0 saturated heterocycles. The summed E-state index contributed by atoms with van der Waals surface area (Å²) >= 11 is 6.30. The minimum Gasteiger partial charge on any atom is -0.496 e. The summed E-state index contributed by atoms with van der Waals surface area (Å²) in [5.74, 6) is -0.792. The molecular weight excluding hydrogens is 430 g/mol. The molecule has 0 fully saturated rings.